The van der Waals surface area contributed by atoms with Crippen LogP contribution in [0.4, 0.5) is 0 Å². The molecule has 1 aliphatic rings. The van der Waals surface area contributed by atoms with Crippen molar-refractivity contribution in [1.82, 2.24) is 0 Å². The van der Waals surface area contributed by atoms with Gasteiger partial charge in [-0.15, -0.1) is 0 Å². The van der Waals surface area contributed by atoms with E-state index < -0.39 is 0 Å². The van der Waals surface area contributed by atoms with Crippen LogP contribution in [0.5, 0.6) is 0 Å². The number of hydrogen-bond donors (Lipinski definition) is 0. The number of ketones is 1. The number of furan rings is 1. The zero-order valence-corrected chi connectivity index (χ0v) is 6.25. The fourth-order valence-electron chi connectivity index (χ4n) is 1.13. The molecule has 0 spiro atoms. The second-order valence-corrected chi connectivity index (χ2v) is 3.08. The van der Waals surface area contributed by atoms with Gasteiger partial charge in [-0.3, -0.25) is 4.79 Å². The van der Waals surface area contributed by atoms with E-state index in [2.05, 4.69) is 0 Å². The van der Waals surface area contributed by atoms with Crippen LogP contribution in [0.2, 0.25) is 0 Å². The first kappa shape index (κ1) is 6.65. The van der Waals surface area contributed by atoms with Crippen molar-refractivity contribution in [2.75, 3.05) is 0 Å². The Hall–Kier alpha value is -1.05. The largest absolute Gasteiger partial charge is 0.472 e. The standard InChI is InChI=1S/C9H10O2/c10-9(5-7-1-2-7)8-3-4-11-6-8/h3-4,6-7H,1-2,5H2. The zero-order valence-electron chi connectivity index (χ0n) is 6.25. The molecule has 1 fully saturated rings. The van der Waals surface area contributed by atoms with Gasteiger partial charge in [0.05, 0.1) is 11.8 Å². The van der Waals surface area contributed by atoms with Crippen LogP contribution in [0.1, 0.15) is 29.6 Å². The third kappa shape index (κ3) is 1.50. The van der Waals surface area contributed by atoms with Crippen molar-refractivity contribution < 1.29 is 9.21 Å². The molecule has 11 heavy (non-hydrogen) atoms. The molecule has 0 aliphatic heterocycles. The lowest BCUT2D eigenvalue weighted by molar-refractivity contribution is 0.0975. The van der Waals surface area contributed by atoms with Crippen molar-refractivity contribution in [2.45, 2.75) is 19.3 Å². The van der Waals surface area contributed by atoms with Crippen molar-refractivity contribution in [3.05, 3.63) is 24.2 Å². The molecule has 2 rings (SSSR count). The van der Waals surface area contributed by atoms with E-state index in [4.69, 9.17) is 4.42 Å². The van der Waals surface area contributed by atoms with Gasteiger partial charge in [-0.05, 0) is 24.8 Å². The van der Waals surface area contributed by atoms with Crippen molar-refractivity contribution in [2.24, 2.45) is 5.92 Å². The first-order valence-electron chi connectivity index (χ1n) is 3.91. The van der Waals surface area contributed by atoms with E-state index in [1.54, 1.807) is 12.3 Å². The maximum Gasteiger partial charge on any atom is 0.166 e. The molecule has 0 amide bonds. The Morgan fingerprint density at radius 1 is 1.64 bits per heavy atom. The van der Waals surface area contributed by atoms with Crippen molar-refractivity contribution >= 4 is 5.78 Å². The maximum atomic E-state index is 11.3. The summed E-state index contributed by atoms with van der Waals surface area (Å²) in [6.45, 7) is 0. The molecule has 0 bridgehead atoms. The average molecular weight is 150 g/mol. The van der Waals surface area contributed by atoms with Gasteiger partial charge in [-0.25, -0.2) is 0 Å². The summed E-state index contributed by atoms with van der Waals surface area (Å²) in [6.07, 6.45) is 6.22. The summed E-state index contributed by atoms with van der Waals surface area (Å²) < 4.78 is 4.82. The van der Waals surface area contributed by atoms with Crippen LogP contribution in [0, 0.1) is 5.92 Å². The second kappa shape index (κ2) is 2.53. The van der Waals surface area contributed by atoms with E-state index in [1.165, 1.54) is 19.1 Å². The Kier molecular flexibility index (Phi) is 1.53. The summed E-state index contributed by atoms with van der Waals surface area (Å²) in [4.78, 5) is 11.3. The molecule has 2 heteroatoms. The molecule has 0 atom stereocenters. The average Bonchev–Trinajstić information content (AvgIpc) is 2.67. The van der Waals surface area contributed by atoms with E-state index in [1.807, 2.05) is 0 Å². The van der Waals surface area contributed by atoms with Gasteiger partial charge in [-0.1, -0.05) is 0 Å². The molecule has 58 valence electrons. The molecule has 0 radical (unpaired) electrons. The molecule has 1 aromatic rings. The van der Waals surface area contributed by atoms with E-state index in [0.29, 0.717) is 12.3 Å². The van der Waals surface area contributed by atoms with Gasteiger partial charge in [0.1, 0.15) is 6.26 Å². The van der Waals surface area contributed by atoms with Gasteiger partial charge in [-0.2, -0.15) is 0 Å². The van der Waals surface area contributed by atoms with Crippen LogP contribution < -0.4 is 0 Å². The molecule has 0 unspecified atom stereocenters. The number of rotatable bonds is 3. The number of carbonyl (C=O) groups excluding carboxylic acids is 1. The monoisotopic (exact) mass is 150 g/mol. The molecule has 1 saturated carbocycles. The number of carbonyl (C=O) groups is 1. The molecule has 1 aliphatic carbocycles. The summed E-state index contributed by atoms with van der Waals surface area (Å²) in [5.41, 5.74) is 0.719. The van der Waals surface area contributed by atoms with Crippen LogP contribution in [-0.4, -0.2) is 5.78 Å². The summed E-state index contributed by atoms with van der Waals surface area (Å²) in [5.74, 6) is 0.888. The predicted octanol–water partition coefficient (Wildman–Crippen LogP) is 2.26. The Balaban J connectivity index is 1.99. The minimum absolute atomic E-state index is 0.223. The lowest BCUT2D eigenvalue weighted by atomic mass is 10.1. The number of hydrogen-bond acceptors (Lipinski definition) is 2. The summed E-state index contributed by atoms with van der Waals surface area (Å²) in [7, 11) is 0. The van der Waals surface area contributed by atoms with E-state index >= 15 is 0 Å². The third-order valence-electron chi connectivity index (χ3n) is 2.01. The van der Waals surface area contributed by atoms with Gasteiger partial charge in [0.25, 0.3) is 0 Å². The Morgan fingerprint density at radius 2 is 2.45 bits per heavy atom. The van der Waals surface area contributed by atoms with Gasteiger partial charge >= 0.3 is 0 Å². The normalized spacial score (nSPS) is 16.7. The second-order valence-electron chi connectivity index (χ2n) is 3.08. The highest BCUT2D eigenvalue weighted by molar-refractivity contribution is 5.95. The highest BCUT2D eigenvalue weighted by atomic mass is 16.3. The molecular formula is C9H10O2. The van der Waals surface area contributed by atoms with Crippen LogP contribution in [0.3, 0.4) is 0 Å². The van der Waals surface area contributed by atoms with E-state index in [0.717, 1.165) is 5.56 Å². The fraction of sp³-hybridized carbons (Fsp3) is 0.444. The smallest absolute Gasteiger partial charge is 0.166 e. The first-order chi connectivity index (χ1) is 5.36. The Bertz CT molecular complexity index is 245. The SMILES string of the molecule is O=C(CC1CC1)c1ccoc1. The topological polar surface area (TPSA) is 30.2 Å². The summed E-state index contributed by atoms with van der Waals surface area (Å²) >= 11 is 0. The van der Waals surface area contributed by atoms with Crippen LogP contribution >= 0.6 is 0 Å². The minimum atomic E-state index is 0.223. The maximum absolute atomic E-state index is 11.3. The molecule has 1 aromatic heterocycles. The first-order valence-corrected chi connectivity index (χ1v) is 3.91. The molecule has 0 aromatic carbocycles. The van der Waals surface area contributed by atoms with Crippen molar-refractivity contribution in [3.8, 4) is 0 Å². The fourth-order valence-corrected chi connectivity index (χ4v) is 1.13. The highest BCUT2D eigenvalue weighted by Crippen LogP contribution is 2.33. The van der Waals surface area contributed by atoms with Gasteiger partial charge in [0.15, 0.2) is 5.78 Å². The molecule has 1 heterocycles. The van der Waals surface area contributed by atoms with Gasteiger partial charge in [0.2, 0.25) is 0 Å². The predicted molar refractivity (Wildman–Crippen MR) is 40.4 cm³/mol. The Morgan fingerprint density at radius 3 is 3.00 bits per heavy atom. The van der Waals surface area contributed by atoms with Crippen molar-refractivity contribution in [1.29, 1.82) is 0 Å². The molecule has 0 saturated heterocycles. The molecule has 2 nitrogen and oxygen atoms in total. The van der Waals surface area contributed by atoms with E-state index in [9.17, 15) is 4.79 Å². The Labute approximate surface area is 65.2 Å². The van der Waals surface area contributed by atoms with Gasteiger partial charge in [0, 0.05) is 6.42 Å². The minimum Gasteiger partial charge on any atom is -0.472 e. The summed E-state index contributed by atoms with van der Waals surface area (Å²) in [6, 6.07) is 1.73. The van der Waals surface area contributed by atoms with Crippen LogP contribution in [0.15, 0.2) is 23.0 Å². The number of Topliss-reactive ketones (excluding diaryl/α,β-unsaturated/α-hetero) is 1. The highest BCUT2D eigenvalue weighted by Gasteiger charge is 2.24. The quantitative estimate of drug-likeness (QED) is 0.618. The van der Waals surface area contributed by atoms with Crippen LogP contribution in [0.25, 0.3) is 0 Å². The molecular weight excluding hydrogens is 140 g/mol. The van der Waals surface area contributed by atoms with E-state index in [-0.39, 0.29) is 5.78 Å². The summed E-state index contributed by atoms with van der Waals surface area (Å²) in [5, 5.41) is 0. The van der Waals surface area contributed by atoms with Crippen LogP contribution in [-0.2, 0) is 0 Å². The van der Waals surface area contributed by atoms with Crippen molar-refractivity contribution in [3.63, 3.8) is 0 Å². The molecule has 0 N–H and O–H groups in total. The lowest BCUT2D eigenvalue weighted by Gasteiger charge is -1.91. The van der Waals surface area contributed by atoms with Gasteiger partial charge < -0.3 is 4.42 Å². The lowest BCUT2D eigenvalue weighted by Crippen LogP contribution is -1.97. The zero-order chi connectivity index (χ0) is 7.68. The third-order valence-corrected chi connectivity index (χ3v) is 2.01.